The van der Waals surface area contributed by atoms with Gasteiger partial charge in [-0.2, -0.15) is 0 Å². The van der Waals surface area contributed by atoms with Gasteiger partial charge in [-0.25, -0.2) is 0 Å². The summed E-state index contributed by atoms with van der Waals surface area (Å²) in [6.45, 7) is 3.85. The van der Waals surface area contributed by atoms with Crippen LogP contribution in [0.25, 0.3) is 0 Å². The minimum atomic E-state index is -4.65. The molecule has 0 amide bonds. The summed E-state index contributed by atoms with van der Waals surface area (Å²) in [5.41, 5.74) is 0. The monoisotopic (exact) mass is 794 g/mol. The summed E-state index contributed by atoms with van der Waals surface area (Å²) in [5.74, 6) is -0.945. The van der Waals surface area contributed by atoms with Crippen LogP contribution < -0.4 is 4.89 Å². The molecule has 0 saturated carbocycles. The van der Waals surface area contributed by atoms with Crippen LogP contribution in [-0.4, -0.2) is 81.2 Å². The maximum absolute atomic E-state index is 12.6. The van der Waals surface area contributed by atoms with E-state index < -0.39 is 38.6 Å². The van der Waals surface area contributed by atoms with Gasteiger partial charge >= 0.3 is 11.9 Å². The summed E-state index contributed by atoms with van der Waals surface area (Å²) < 4.78 is 33.7. The summed E-state index contributed by atoms with van der Waals surface area (Å²) in [5, 5.41) is 9.76. The highest BCUT2D eigenvalue weighted by Crippen LogP contribution is 2.38. The van der Waals surface area contributed by atoms with Gasteiger partial charge in [0.15, 0.2) is 6.10 Å². The Morgan fingerprint density at radius 2 is 1.27 bits per heavy atom. The largest absolute Gasteiger partial charge is 0.756 e. The maximum atomic E-state index is 12.6. The molecule has 0 aromatic carbocycles. The number of phosphoric ester groups is 1. The number of likely N-dealkylation sites (N-methyl/N-ethyl adjacent to an activating group) is 1. The number of hydrogen-bond acceptors (Lipinski definition) is 9. The van der Waals surface area contributed by atoms with Crippen LogP contribution in [0, 0.1) is 0 Å². The number of hydrogen-bond donors (Lipinski definition) is 1. The van der Waals surface area contributed by atoms with Gasteiger partial charge in [-0.1, -0.05) is 125 Å². The molecule has 0 bridgehead atoms. The lowest BCUT2D eigenvalue weighted by atomic mass is 10.1. The molecule has 10 nitrogen and oxygen atoms in total. The van der Waals surface area contributed by atoms with Crippen molar-refractivity contribution in [3.63, 3.8) is 0 Å². The molecule has 0 aliphatic rings. The van der Waals surface area contributed by atoms with Crippen LogP contribution in [-0.2, 0) is 32.7 Å². The lowest BCUT2D eigenvalue weighted by Crippen LogP contribution is -2.37. The maximum Gasteiger partial charge on any atom is 0.306 e. The second kappa shape index (κ2) is 35.8. The molecule has 0 rings (SSSR count). The first-order valence-corrected chi connectivity index (χ1v) is 22.2. The van der Waals surface area contributed by atoms with Gasteiger partial charge in [-0.3, -0.25) is 14.2 Å². The van der Waals surface area contributed by atoms with Crippen LogP contribution in [0.5, 0.6) is 0 Å². The Kier molecular flexibility index (Phi) is 34.1. The van der Waals surface area contributed by atoms with E-state index in [4.69, 9.17) is 18.5 Å². The van der Waals surface area contributed by atoms with Gasteiger partial charge in [-0.15, -0.1) is 0 Å². The standard InChI is InChI=1S/C44H76NO9P/c1-6-8-10-11-12-13-14-15-20-23-26-29-32-36-44(48)54-42(40-53-55(49,50)52-38-37-45(3,4)5)39-51-43(47)35-31-28-25-22-19-17-16-18-21-24-27-30-34-41(46)33-9-7-2/h9,13-14,16-17,21-22,24-25,27,30,33,41-42,46H,6-8,10-12,15,18-20,23,26,28-29,31-32,34-40H2,1-5H3/b14-13-,17-16-,24-21-,25-22-,30-27+,33-9-/t41?,42-/m1/s1. The summed E-state index contributed by atoms with van der Waals surface area (Å²) in [6.07, 6.45) is 39.9. The van der Waals surface area contributed by atoms with E-state index in [-0.39, 0.29) is 26.1 Å². The average Bonchev–Trinajstić information content (AvgIpc) is 3.13. The fourth-order valence-electron chi connectivity index (χ4n) is 5.00. The van der Waals surface area contributed by atoms with Gasteiger partial charge in [0.2, 0.25) is 0 Å². The third kappa shape index (κ3) is 39.4. The highest BCUT2D eigenvalue weighted by Gasteiger charge is 2.21. The number of allylic oxidation sites excluding steroid dienone is 10. The Hall–Kier alpha value is -2.59. The number of rotatable bonds is 36. The van der Waals surface area contributed by atoms with E-state index in [1.807, 2.05) is 76.7 Å². The number of aliphatic hydroxyl groups is 1. The second-order valence-electron chi connectivity index (χ2n) is 14.8. The van der Waals surface area contributed by atoms with Crippen molar-refractivity contribution in [2.24, 2.45) is 0 Å². The predicted molar refractivity (Wildman–Crippen MR) is 223 cm³/mol. The highest BCUT2D eigenvalue weighted by atomic mass is 31.2. The molecule has 0 fully saturated rings. The number of ether oxygens (including phenoxy) is 2. The van der Waals surface area contributed by atoms with Crippen LogP contribution in [0.2, 0.25) is 0 Å². The molecule has 0 spiro atoms. The fourth-order valence-corrected chi connectivity index (χ4v) is 5.73. The SMILES string of the molecule is CC/C=C\C(O)C/C=C/C=C\C/C=C\C/C=C\CCCC(=O)OC[C@H](COP(=O)([O-])OCC[N+](C)(C)C)OC(=O)CCCCCCC/C=C\CCCCCC. The lowest BCUT2D eigenvalue weighted by Gasteiger charge is -2.28. The van der Waals surface area contributed by atoms with E-state index >= 15 is 0 Å². The van der Waals surface area contributed by atoms with E-state index in [1.165, 1.54) is 25.7 Å². The summed E-state index contributed by atoms with van der Waals surface area (Å²) in [4.78, 5) is 37.4. The third-order valence-electron chi connectivity index (χ3n) is 8.29. The first-order valence-electron chi connectivity index (χ1n) is 20.8. The molecule has 0 saturated heterocycles. The number of carbonyl (C=O) groups excluding carboxylic acids is 2. The molecule has 1 N–H and O–H groups in total. The Bertz CT molecular complexity index is 1190. The second-order valence-corrected chi connectivity index (χ2v) is 16.2. The molecule has 0 aliphatic carbocycles. The van der Waals surface area contributed by atoms with Crippen LogP contribution in [0.4, 0.5) is 0 Å². The van der Waals surface area contributed by atoms with E-state index in [2.05, 4.69) is 31.2 Å². The quantitative estimate of drug-likeness (QED) is 0.0165. The predicted octanol–water partition coefficient (Wildman–Crippen LogP) is 9.80. The number of esters is 2. The lowest BCUT2D eigenvalue weighted by molar-refractivity contribution is -0.870. The Labute approximate surface area is 334 Å². The normalized spacial score (nSPS) is 15.0. The molecule has 3 atom stereocenters. The van der Waals surface area contributed by atoms with Crippen LogP contribution in [0.15, 0.2) is 72.9 Å². The Balaban J connectivity index is 4.54. The number of nitrogens with zero attached hydrogens (tertiary/aromatic N) is 1. The van der Waals surface area contributed by atoms with E-state index in [1.54, 1.807) is 0 Å². The number of quaternary nitrogens is 1. The van der Waals surface area contributed by atoms with Crippen molar-refractivity contribution in [1.29, 1.82) is 0 Å². The molecule has 11 heteroatoms. The molecule has 0 heterocycles. The van der Waals surface area contributed by atoms with Crippen molar-refractivity contribution in [3.8, 4) is 0 Å². The Morgan fingerprint density at radius 1 is 0.691 bits per heavy atom. The third-order valence-corrected chi connectivity index (χ3v) is 9.25. The number of phosphoric acid groups is 1. The summed E-state index contributed by atoms with van der Waals surface area (Å²) >= 11 is 0. The molecular formula is C44H76NO9P. The molecule has 0 radical (unpaired) electrons. The van der Waals surface area contributed by atoms with Crippen LogP contribution in [0.1, 0.15) is 136 Å². The molecule has 0 aromatic rings. The van der Waals surface area contributed by atoms with Gasteiger partial charge < -0.3 is 33.0 Å². The first kappa shape index (κ1) is 52.4. The van der Waals surface area contributed by atoms with Gasteiger partial charge in [0, 0.05) is 12.8 Å². The smallest absolute Gasteiger partial charge is 0.306 e. The number of carbonyl (C=O) groups is 2. The molecule has 0 aliphatic heterocycles. The zero-order chi connectivity index (χ0) is 40.9. The Morgan fingerprint density at radius 3 is 1.96 bits per heavy atom. The summed E-state index contributed by atoms with van der Waals surface area (Å²) in [6, 6.07) is 0. The van der Waals surface area contributed by atoms with Crippen LogP contribution in [0.3, 0.4) is 0 Å². The van der Waals surface area contributed by atoms with Gasteiger partial charge in [-0.05, 0) is 70.6 Å². The van der Waals surface area contributed by atoms with Crippen molar-refractivity contribution >= 4 is 19.8 Å². The first-order chi connectivity index (χ1) is 26.4. The van der Waals surface area contributed by atoms with Crippen molar-refractivity contribution < 1.29 is 47.2 Å². The minimum absolute atomic E-state index is 0.0518. The number of unbranched alkanes of at least 4 members (excludes halogenated alkanes) is 10. The van der Waals surface area contributed by atoms with Crippen molar-refractivity contribution in [3.05, 3.63) is 72.9 Å². The minimum Gasteiger partial charge on any atom is -0.756 e. The van der Waals surface area contributed by atoms with Crippen molar-refractivity contribution in [2.75, 3.05) is 47.5 Å². The highest BCUT2D eigenvalue weighted by molar-refractivity contribution is 7.45. The fraction of sp³-hybridized carbons (Fsp3) is 0.682. The van der Waals surface area contributed by atoms with E-state index in [0.29, 0.717) is 36.7 Å². The van der Waals surface area contributed by atoms with Gasteiger partial charge in [0.05, 0.1) is 33.9 Å². The number of aliphatic hydroxyl groups excluding tert-OH is 1. The molecule has 0 aromatic heterocycles. The van der Waals surface area contributed by atoms with Gasteiger partial charge in [0.25, 0.3) is 7.82 Å². The zero-order valence-electron chi connectivity index (χ0n) is 35.0. The zero-order valence-corrected chi connectivity index (χ0v) is 35.8. The molecular weight excluding hydrogens is 717 g/mol. The van der Waals surface area contributed by atoms with Crippen LogP contribution >= 0.6 is 7.82 Å². The van der Waals surface area contributed by atoms with E-state index in [0.717, 1.165) is 57.8 Å². The molecule has 316 valence electrons. The van der Waals surface area contributed by atoms with E-state index in [9.17, 15) is 24.2 Å². The molecule has 55 heavy (non-hydrogen) atoms. The topological polar surface area (TPSA) is 131 Å². The molecule has 2 unspecified atom stereocenters. The summed E-state index contributed by atoms with van der Waals surface area (Å²) in [7, 11) is 1.09. The van der Waals surface area contributed by atoms with Gasteiger partial charge in [0.1, 0.15) is 19.8 Å². The van der Waals surface area contributed by atoms with Crippen molar-refractivity contribution in [2.45, 2.75) is 148 Å². The van der Waals surface area contributed by atoms with Crippen molar-refractivity contribution in [1.82, 2.24) is 0 Å². The average molecular weight is 794 g/mol.